The first-order valence-electron chi connectivity index (χ1n) is 10.1. The Bertz CT molecular complexity index is 784. The molecule has 152 valence electrons. The first kappa shape index (κ1) is 20.5. The third-order valence-electron chi connectivity index (χ3n) is 5.33. The van der Waals surface area contributed by atoms with Gasteiger partial charge in [0.15, 0.2) is 0 Å². The Morgan fingerprint density at radius 2 is 1.96 bits per heavy atom. The van der Waals surface area contributed by atoms with Crippen LogP contribution in [0.25, 0.3) is 5.69 Å². The lowest BCUT2D eigenvalue weighted by Crippen LogP contribution is -2.61. The molecule has 7 nitrogen and oxygen atoms in total. The van der Waals surface area contributed by atoms with Crippen LogP contribution in [0.4, 0.5) is 0 Å². The second kappa shape index (κ2) is 8.41. The van der Waals surface area contributed by atoms with Gasteiger partial charge < -0.3 is 10.0 Å². The molecule has 0 spiro atoms. The van der Waals surface area contributed by atoms with Gasteiger partial charge in [-0.3, -0.25) is 14.7 Å². The maximum absolute atomic E-state index is 13.3. The van der Waals surface area contributed by atoms with Crippen LogP contribution in [0.3, 0.4) is 0 Å². The summed E-state index contributed by atoms with van der Waals surface area (Å²) in [5.74, 6) is -0.0396. The number of amides is 1. The summed E-state index contributed by atoms with van der Waals surface area (Å²) in [5, 5.41) is 14.5. The molecule has 0 bridgehead atoms. The smallest absolute Gasteiger partial charge is 0.272 e. The third-order valence-corrected chi connectivity index (χ3v) is 5.33. The highest BCUT2D eigenvalue weighted by Gasteiger charge is 2.37. The Morgan fingerprint density at radius 3 is 2.57 bits per heavy atom. The molecule has 1 aliphatic rings. The molecule has 1 aliphatic heterocycles. The van der Waals surface area contributed by atoms with Crippen LogP contribution in [0.1, 0.15) is 51.0 Å². The summed E-state index contributed by atoms with van der Waals surface area (Å²) in [6, 6.07) is 5.83. The molecule has 1 fully saturated rings. The zero-order valence-electron chi connectivity index (χ0n) is 17.2. The fraction of sp³-hybridized carbons (Fsp3) is 0.571. The van der Waals surface area contributed by atoms with E-state index < -0.39 is 5.60 Å². The Morgan fingerprint density at radius 1 is 1.21 bits per heavy atom. The fourth-order valence-electron chi connectivity index (χ4n) is 3.93. The van der Waals surface area contributed by atoms with E-state index in [4.69, 9.17) is 0 Å². The zero-order valence-corrected chi connectivity index (χ0v) is 17.2. The topological polar surface area (TPSA) is 74.5 Å². The summed E-state index contributed by atoms with van der Waals surface area (Å²) in [5.41, 5.74) is 0.513. The number of aliphatic hydroxyl groups is 1. The van der Waals surface area contributed by atoms with E-state index in [0.717, 1.165) is 25.1 Å². The van der Waals surface area contributed by atoms with Crippen molar-refractivity contribution in [3.05, 3.63) is 42.5 Å². The number of carbonyl (C=O) groups is 1. The van der Waals surface area contributed by atoms with Gasteiger partial charge in [-0.05, 0) is 44.9 Å². The van der Waals surface area contributed by atoms with Gasteiger partial charge in [0.25, 0.3) is 5.91 Å². The second-order valence-electron chi connectivity index (χ2n) is 8.17. The molecular formula is C21H31N5O2. The summed E-state index contributed by atoms with van der Waals surface area (Å²) < 4.78 is 1.73. The molecule has 0 aromatic carbocycles. The highest BCUT2D eigenvalue weighted by Crippen LogP contribution is 2.24. The van der Waals surface area contributed by atoms with Gasteiger partial charge in [-0.15, -0.1) is 0 Å². The molecule has 0 aliphatic carbocycles. The number of carbonyl (C=O) groups excluding carboxylic acids is 1. The number of rotatable bonds is 6. The summed E-state index contributed by atoms with van der Waals surface area (Å²) >= 11 is 0. The lowest BCUT2D eigenvalue weighted by Gasteiger charge is -2.47. The molecule has 2 aromatic heterocycles. The summed E-state index contributed by atoms with van der Waals surface area (Å²) in [6.45, 7) is 9.94. The fourth-order valence-corrected chi connectivity index (χ4v) is 3.93. The molecule has 0 unspecified atom stereocenters. The monoisotopic (exact) mass is 385 g/mol. The van der Waals surface area contributed by atoms with Crippen LogP contribution < -0.4 is 0 Å². The van der Waals surface area contributed by atoms with Crippen LogP contribution in [0.2, 0.25) is 0 Å². The number of piperazine rings is 1. The highest BCUT2D eigenvalue weighted by atomic mass is 16.3. The van der Waals surface area contributed by atoms with Crippen molar-refractivity contribution in [2.24, 2.45) is 0 Å². The minimum atomic E-state index is -0.752. The van der Waals surface area contributed by atoms with Gasteiger partial charge in [0, 0.05) is 50.3 Å². The van der Waals surface area contributed by atoms with Gasteiger partial charge in [0.1, 0.15) is 5.69 Å². The molecule has 2 atom stereocenters. The van der Waals surface area contributed by atoms with Crippen molar-refractivity contribution in [3.8, 4) is 5.69 Å². The highest BCUT2D eigenvalue weighted by molar-refractivity contribution is 5.93. The van der Waals surface area contributed by atoms with Crippen LogP contribution in [0.15, 0.2) is 36.8 Å². The summed E-state index contributed by atoms with van der Waals surface area (Å²) in [6.07, 6.45) is 7.01. The normalized spacial score (nSPS) is 21.1. The molecule has 1 amide bonds. The second-order valence-corrected chi connectivity index (χ2v) is 8.17. The van der Waals surface area contributed by atoms with E-state index in [1.807, 2.05) is 37.1 Å². The quantitative estimate of drug-likeness (QED) is 0.826. The van der Waals surface area contributed by atoms with Crippen molar-refractivity contribution >= 4 is 5.91 Å². The molecule has 7 heteroatoms. The van der Waals surface area contributed by atoms with Crippen LogP contribution in [0, 0.1) is 0 Å². The number of hydrogen-bond donors (Lipinski definition) is 1. The van der Waals surface area contributed by atoms with E-state index in [2.05, 4.69) is 28.8 Å². The van der Waals surface area contributed by atoms with E-state index in [-0.39, 0.29) is 18.0 Å². The third kappa shape index (κ3) is 4.59. The minimum absolute atomic E-state index is 0.0396. The summed E-state index contributed by atoms with van der Waals surface area (Å²) in [7, 11) is 0. The molecule has 1 saturated heterocycles. The largest absolute Gasteiger partial charge is 0.389 e. The Balaban J connectivity index is 1.82. The van der Waals surface area contributed by atoms with Crippen molar-refractivity contribution in [3.63, 3.8) is 0 Å². The predicted molar refractivity (Wildman–Crippen MR) is 108 cm³/mol. The Labute approximate surface area is 167 Å². The van der Waals surface area contributed by atoms with Crippen LogP contribution in [-0.4, -0.2) is 72.9 Å². The van der Waals surface area contributed by atoms with E-state index in [1.165, 1.54) is 0 Å². The maximum atomic E-state index is 13.3. The van der Waals surface area contributed by atoms with Crippen LogP contribution >= 0.6 is 0 Å². The van der Waals surface area contributed by atoms with Gasteiger partial charge in [-0.1, -0.05) is 13.8 Å². The molecule has 0 radical (unpaired) electrons. The predicted octanol–water partition coefficient (Wildman–Crippen LogP) is 2.35. The van der Waals surface area contributed by atoms with Crippen molar-refractivity contribution in [2.45, 2.75) is 58.2 Å². The molecular weight excluding hydrogens is 354 g/mol. The van der Waals surface area contributed by atoms with E-state index in [9.17, 15) is 9.90 Å². The minimum Gasteiger partial charge on any atom is -0.389 e. The molecule has 3 heterocycles. The van der Waals surface area contributed by atoms with Gasteiger partial charge in [0.05, 0.1) is 11.3 Å². The van der Waals surface area contributed by atoms with E-state index >= 15 is 0 Å². The van der Waals surface area contributed by atoms with Crippen molar-refractivity contribution < 1.29 is 9.90 Å². The molecule has 1 N–H and O–H groups in total. The van der Waals surface area contributed by atoms with Crippen molar-refractivity contribution in [1.82, 2.24) is 24.6 Å². The lowest BCUT2D eigenvalue weighted by molar-refractivity contribution is -0.0239. The molecule has 2 aromatic rings. The number of aromatic nitrogens is 3. The van der Waals surface area contributed by atoms with Gasteiger partial charge in [-0.2, -0.15) is 5.10 Å². The number of hydrogen-bond acceptors (Lipinski definition) is 5. The van der Waals surface area contributed by atoms with Crippen LogP contribution in [-0.2, 0) is 0 Å². The van der Waals surface area contributed by atoms with Crippen LogP contribution in [0.5, 0.6) is 0 Å². The zero-order chi connectivity index (χ0) is 20.3. The van der Waals surface area contributed by atoms with E-state index in [0.29, 0.717) is 18.8 Å². The summed E-state index contributed by atoms with van der Waals surface area (Å²) in [4.78, 5) is 21.9. The van der Waals surface area contributed by atoms with Gasteiger partial charge in [-0.25, -0.2) is 4.68 Å². The van der Waals surface area contributed by atoms with Crippen molar-refractivity contribution in [2.75, 3.05) is 19.6 Å². The van der Waals surface area contributed by atoms with Crippen molar-refractivity contribution in [1.29, 1.82) is 0 Å². The Kier molecular flexibility index (Phi) is 6.15. The molecule has 3 rings (SSSR count). The van der Waals surface area contributed by atoms with E-state index in [1.54, 1.807) is 23.1 Å². The lowest BCUT2D eigenvalue weighted by atomic mass is 9.99. The number of nitrogens with zero attached hydrogens (tertiary/aromatic N) is 5. The average molecular weight is 386 g/mol. The molecule has 28 heavy (non-hydrogen) atoms. The average Bonchev–Trinajstić information content (AvgIpc) is 3.21. The SMILES string of the molecule is CC[C@H]1CN(C(=O)c2cc(-n3cccn3)ccn2)[C@@H](CC)CN1CC(C)(C)O. The standard InChI is InChI=1S/C21H31N5O2/c1-5-16-14-25(17(6-2)13-24(16)15-21(3,4)28)20(27)19-12-18(8-10-22-19)26-11-7-9-23-26/h7-12,16-17,28H,5-6,13-15H2,1-4H3/t16-,17-/m0/s1. The Hall–Kier alpha value is -2.25. The van der Waals surface area contributed by atoms with Gasteiger partial charge in [0.2, 0.25) is 0 Å². The number of β-amino-alcohol motifs (C(OH)–C–C–N with tert-alkyl or cyclic N) is 1. The first-order chi connectivity index (χ1) is 13.3. The number of pyridine rings is 1. The van der Waals surface area contributed by atoms with Gasteiger partial charge >= 0.3 is 0 Å². The molecule has 0 saturated carbocycles. The maximum Gasteiger partial charge on any atom is 0.272 e. The first-order valence-corrected chi connectivity index (χ1v) is 10.1.